The zero-order valence-electron chi connectivity index (χ0n) is 9.33. The number of rotatable bonds is 3. The lowest BCUT2D eigenvalue weighted by Crippen LogP contribution is -2.12. The maximum absolute atomic E-state index is 11.8. The molecule has 0 aliphatic rings. The van der Waals surface area contributed by atoms with Gasteiger partial charge in [0, 0.05) is 6.20 Å². The van der Waals surface area contributed by atoms with Crippen molar-refractivity contribution in [3.63, 3.8) is 0 Å². The summed E-state index contributed by atoms with van der Waals surface area (Å²) in [5, 5.41) is 10.8. The van der Waals surface area contributed by atoms with Gasteiger partial charge in [-0.1, -0.05) is 0 Å². The van der Waals surface area contributed by atoms with E-state index in [4.69, 9.17) is 5.11 Å². The number of nitrogens with zero attached hydrogens (tertiary/aromatic N) is 3. The van der Waals surface area contributed by atoms with Gasteiger partial charge in [-0.15, -0.1) is 11.3 Å². The van der Waals surface area contributed by atoms with Gasteiger partial charge >= 0.3 is 0 Å². The molecular formula is C11H10N4O2S. The van der Waals surface area contributed by atoms with Crippen LogP contribution in [0.25, 0.3) is 10.2 Å². The lowest BCUT2D eigenvalue weighted by molar-refractivity contribution is 0.277. The van der Waals surface area contributed by atoms with Crippen LogP contribution in [0.5, 0.6) is 0 Å². The summed E-state index contributed by atoms with van der Waals surface area (Å²) in [4.78, 5) is 22.9. The Kier molecular flexibility index (Phi) is 2.69. The Morgan fingerprint density at radius 2 is 2.39 bits per heavy atom. The first-order valence-corrected chi connectivity index (χ1v) is 6.22. The number of aromatic amines is 1. The van der Waals surface area contributed by atoms with E-state index in [1.165, 1.54) is 11.3 Å². The van der Waals surface area contributed by atoms with Gasteiger partial charge in [-0.2, -0.15) is 0 Å². The van der Waals surface area contributed by atoms with Crippen molar-refractivity contribution < 1.29 is 5.11 Å². The van der Waals surface area contributed by atoms with Crippen molar-refractivity contribution in [2.45, 2.75) is 13.2 Å². The molecule has 0 unspecified atom stereocenters. The molecule has 0 fully saturated rings. The van der Waals surface area contributed by atoms with Crippen LogP contribution in [-0.2, 0) is 13.2 Å². The second-order valence-electron chi connectivity index (χ2n) is 3.84. The molecule has 0 saturated heterocycles. The minimum atomic E-state index is -0.118. The maximum Gasteiger partial charge on any atom is 0.268 e. The number of hydrogen-bond donors (Lipinski definition) is 2. The SMILES string of the molecule is O=c1[nH]c(Cn2cnc(CO)c2)nc2ccsc12. The van der Waals surface area contributed by atoms with Crippen molar-refractivity contribution in [2.24, 2.45) is 0 Å². The fourth-order valence-electron chi connectivity index (χ4n) is 1.74. The van der Waals surface area contributed by atoms with Crippen LogP contribution in [0.15, 0.2) is 28.8 Å². The number of thiophene rings is 1. The second-order valence-corrected chi connectivity index (χ2v) is 4.76. The number of aromatic nitrogens is 4. The largest absolute Gasteiger partial charge is 0.390 e. The summed E-state index contributed by atoms with van der Waals surface area (Å²) in [6.07, 6.45) is 3.32. The summed E-state index contributed by atoms with van der Waals surface area (Å²) in [6, 6.07) is 1.83. The zero-order chi connectivity index (χ0) is 12.5. The van der Waals surface area contributed by atoms with Crippen LogP contribution in [0.1, 0.15) is 11.5 Å². The predicted octanol–water partition coefficient (Wildman–Crippen LogP) is 0.722. The first kappa shape index (κ1) is 11.1. The highest BCUT2D eigenvalue weighted by atomic mass is 32.1. The van der Waals surface area contributed by atoms with Crippen LogP contribution in [0.2, 0.25) is 0 Å². The molecule has 0 bridgehead atoms. The summed E-state index contributed by atoms with van der Waals surface area (Å²) in [7, 11) is 0. The average Bonchev–Trinajstić information content (AvgIpc) is 2.97. The summed E-state index contributed by atoms with van der Waals surface area (Å²) >= 11 is 1.38. The normalized spacial score (nSPS) is 11.2. The van der Waals surface area contributed by atoms with Crippen LogP contribution < -0.4 is 5.56 Å². The van der Waals surface area contributed by atoms with E-state index >= 15 is 0 Å². The zero-order valence-corrected chi connectivity index (χ0v) is 10.1. The van der Waals surface area contributed by atoms with Crippen LogP contribution in [0.4, 0.5) is 0 Å². The molecule has 0 spiro atoms. The van der Waals surface area contributed by atoms with Gasteiger partial charge in [-0.05, 0) is 11.4 Å². The molecule has 18 heavy (non-hydrogen) atoms. The topological polar surface area (TPSA) is 83.8 Å². The Morgan fingerprint density at radius 3 is 3.17 bits per heavy atom. The van der Waals surface area contributed by atoms with E-state index in [0.717, 1.165) is 0 Å². The van der Waals surface area contributed by atoms with E-state index in [1.807, 2.05) is 11.4 Å². The molecule has 7 heteroatoms. The number of H-pyrrole nitrogens is 1. The first-order chi connectivity index (χ1) is 8.76. The third kappa shape index (κ3) is 1.93. The van der Waals surface area contributed by atoms with Crippen molar-refractivity contribution in [2.75, 3.05) is 0 Å². The Morgan fingerprint density at radius 1 is 1.50 bits per heavy atom. The van der Waals surface area contributed by atoms with Gasteiger partial charge in [0.2, 0.25) is 0 Å². The Balaban J connectivity index is 1.96. The van der Waals surface area contributed by atoms with Gasteiger partial charge in [0.05, 0.1) is 30.7 Å². The van der Waals surface area contributed by atoms with Gasteiger partial charge in [0.15, 0.2) is 0 Å². The van der Waals surface area contributed by atoms with Crippen LogP contribution in [0, 0.1) is 0 Å². The number of aliphatic hydroxyl groups is 1. The van der Waals surface area contributed by atoms with Gasteiger partial charge in [0.25, 0.3) is 5.56 Å². The van der Waals surface area contributed by atoms with E-state index in [9.17, 15) is 4.79 Å². The lowest BCUT2D eigenvalue weighted by Gasteiger charge is -2.01. The number of fused-ring (bicyclic) bond motifs is 1. The minimum Gasteiger partial charge on any atom is -0.390 e. The summed E-state index contributed by atoms with van der Waals surface area (Å²) in [5.41, 5.74) is 1.18. The lowest BCUT2D eigenvalue weighted by atomic mass is 10.4. The summed E-state index contributed by atoms with van der Waals surface area (Å²) in [6.45, 7) is 0.328. The number of hydrogen-bond acceptors (Lipinski definition) is 5. The molecule has 0 aromatic carbocycles. The fourth-order valence-corrected chi connectivity index (χ4v) is 2.47. The molecule has 3 aromatic rings. The Bertz CT molecular complexity index is 743. The molecule has 0 radical (unpaired) electrons. The molecule has 3 heterocycles. The number of nitrogens with one attached hydrogen (secondary N) is 1. The fraction of sp³-hybridized carbons (Fsp3) is 0.182. The molecule has 2 N–H and O–H groups in total. The molecule has 0 amide bonds. The number of imidazole rings is 1. The van der Waals surface area contributed by atoms with E-state index in [-0.39, 0.29) is 12.2 Å². The molecule has 6 nitrogen and oxygen atoms in total. The molecule has 92 valence electrons. The first-order valence-electron chi connectivity index (χ1n) is 5.34. The molecule has 0 saturated carbocycles. The molecule has 3 aromatic heterocycles. The molecular weight excluding hydrogens is 252 g/mol. The highest BCUT2D eigenvalue weighted by Crippen LogP contribution is 2.13. The Labute approximate surface area is 106 Å². The van der Waals surface area contributed by atoms with Crippen LogP contribution in [0.3, 0.4) is 0 Å². The summed E-state index contributed by atoms with van der Waals surface area (Å²) < 4.78 is 2.41. The highest BCUT2D eigenvalue weighted by Gasteiger charge is 2.06. The molecule has 0 aliphatic carbocycles. The Hall–Kier alpha value is -1.99. The van der Waals surface area contributed by atoms with E-state index < -0.39 is 0 Å². The van der Waals surface area contributed by atoms with Crippen molar-refractivity contribution in [3.8, 4) is 0 Å². The predicted molar refractivity (Wildman–Crippen MR) is 67.5 cm³/mol. The standard InChI is InChI=1S/C11H10N4O2S/c16-5-7-3-15(6-12-7)4-9-13-8-1-2-18-10(8)11(17)14-9/h1-3,6,16H,4-5H2,(H,13,14,17). The minimum absolute atomic E-state index is 0.0967. The van der Waals surface area contributed by atoms with Crippen LogP contribution in [-0.4, -0.2) is 24.6 Å². The molecule has 0 aliphatic heterocycles. The van der Waals surface area contributed by atoms with Crippen molar-refractivity contribution in [1.29, 1.82) is 0 Å². The molecule has 0 atom stereocenters. The van der Waals surface area contributed by atoms with Crippen molar-refractivity contribution >= 4 is 21.6 Å². The number of aliphatic hydroxyl groups excluding tert-OH is 1. The van der Waals surface area contributed by atoms with Crippen LogP contribution >= 0.6 is 11.3 Å². The monoisotopic (exact) mass is 262 g/mol. The van der Waals surface area contributed by atoms with Gasteiger partial charge in [-0.3, -0.25) is 4.79 Å². The smallest absolute Gasteiger partial charge is 0.268 e. The van der Waals surface area contributed by atoms with E-state index in [0.29, 0.717) is 28.3 Å². The van der Waals surface area contributed by atoms with Gasteiger partial charge < -0.3 is 14.7 Å². The van der Waals surface area contributed by atoms with E-state index in [1.54, 1.807) is 17.1 Å². The quantitative estimate of drug-likeness (QED) is 0.728. The highest BCUT2D eigenvalue weighted by molar-refractivity contribution is 7.17. The third-order valence-corrected chi connectivity index (χ3v) is 3.45. The average molecular weight is 262 g/mol. The van der Waals surface area contributed by atoms with Crippen molar-refractivity contribution in [1.82, 2.24) is 19.5 Å². The second kappa shape index (κ2) is 4.35. The van der Waals surface area contributed by atoms with E-state index in [2.05, 4.69) is 15.0 Å². The van der Waals surface area contributed by atoms with Gasteiger partial charge in [-0.25, -0.2) is 9.97 Å². The van der Waals surface area contributed by atoms with Gasteiger partial charge in [0.1, 0.15) is 10.5 Å². The molecule has 3 rings (SSSR count). The van der Waals surface area contributed by atoms with Crippen molar-refractivity contribution in [3.05, 3.63) is 45.8 Å². The summed E-state index contributed by atoms with van der Waals surface area (Å²) in [5.74, 6) is 0.577. The maximum atomic E-state index is 11.8. The third-order valence-electron chi connectivity index (χ3n) is 2.54.